The van der Waals surface area contributed by atoms with Crippen molar-refractivity contribution in [3.05, 3.63) is 287 Å². The van der Waals surface area contributed by atoms with E-state index in [1.807, 2.05) is 0 Å². The van der Waals surface area contributed by atoms with Crippen molar-refractivity contribution in [1.29, 1.82) is 0 Å². The van der Waals surface area contributed by atoms with Crippen LogP contribution in [0.3, 0.4) is 0 Å². The highest BCUT2D eigenvalue weighted by Crippen LogP contribution is 2.43. The molecule has 440 valence electrons. The molecule has 2 aliphatic rings. The highest BCUT2D eigenvalue weighted by atomic mass is 16.8. The zero-order chi connectivity index (χ0) is 60.5. The lowest BCUT2D eigenvalue weighted by atomic mass is 9.97. The molecule has 19 heteroatoms. The largest absolute Gasteiger partial charge is 0.459 e. The quantitative estimate of drug-likeness (QED) is 0.0480. The van der Waals surface area contributed by atoms with E-state index >= 15 is 0 Å². The number of hydrogen-bond donors (Lipinski definition) is 0. The first-order valence-electron chi connectivity index (χ1n) is 27.4. The molecule has 0 aromatic heterocycles. The predicted molar refractivity (Wildman–Crippen MR) is 306 cm³/mol. The molecule has 8 aromatic carbocycles. The Morgan fingerprint density at radius 2 is 0.575 bits per heavy atom. The van der Waals surface area contributed by atoms with Crippen LogP contribution in [0.2, 0.25) is 0 Å². The van der Waals surface area contributed by atoms with Crippen LogP contribution in [0.1, 0.15) is 82.9 Å². The van der Waals surface area contributed by atoms with Gasteiger partial charge < -0.3 is 52.1 Å². The summed E-state index contributed by atoms with van der Waals surface area (Å²) < 4.78 is 70.1. The summed E-state index contributed by atoms with van der Waals surface area (Å²) in [5.41, 5.74) is 0.125. The molecule has 0 amide bonds. The van der Waals surface area contributed by atoms with Crippen molar-refractivity contribution in [3.8, 4) is 0 Å². The summed E-state index contributed by atoms with van der Waals surface area (Å²) in [6, 6.07) is 61.6. The Kier molecular flexibility index (Phi) is 19.4. The van der Waals surface area contributed by atoms with E-state index < -0.39 is 122 Å². The van der Waals surface area contributed by atoms with Gasteiger partial charge in [0.15, 0.2) is 30.5 Å². The van der Waals surface area contributed by atoms with Crippen LogP contribution in [0, 0.1) is 0 Å². The second-order valence-corrected chi connectivity index (χ2v) is 19.6. The molecule has 2 saturated heterocycles. The van der Waals surface area contributed by atoms with E-state index in [2.05, 4.69) is 0 Å². The minimum atomic E-state index is -2.85. The number of carbonyl (C=O) groups excluding carboxylic acids is 8. The van der Waals surface area contributed by atoms with Crippen molar-refractivity contribution < 1.29 is 90.5 Å². The van der Waals surface area contributed by atoms with Crippen LogP contribution in [0.15, 0.2) is 243 Å². The van der Waals surface area contributed by atoms with Gasteiger partial charge >= 0.3 is 47.8 Å². The van der Waals surface area contributed by atoms with Crippen molar-refractivity contribution in [2.45, 2.75) is 54.8 Å². The average molecular weight is 1180 g/mol. The molecule has 2 heterocycles. The van der Waals surface area contributed by atoms with Crippen LogP contribution in [-0.4, -0.2) is 122 Å². The van der Waals surface area contributed by atoms with Crippen molar-refractivity contribution in [3.63, 3.8) is 0 Å². The molecule has 0 saturated carbocycles. The first-order chi connectivity index (χ1) is 42.4. The van der Waals surface area contributed by atoms with Crippen LogP contribution in [0.25, 0.3) is 0 Å². The van der Waals surface area contributed by atoms with Gasteiger partial charge in [-0.2, -0.15) is 0 Å². The summed E-state index contributed by atoms with van der Waals surface area (Å²) in [4.78, 5) is 115. The molecule has 2 fully saturated rings. The number of carbonyl (C=O) groups is 8. The van der Waals surface area contributed by atoms with Crippen molar-refractivity contribution in [2.24, 2.45) is 0 Å². The maximum atomic E-state index is 14.7. The van der Waals surface area contributed by atoms with Gasteiger partial charge in [-0.3, -0.25) is 0 Å². The van der Waals surface area contributed by atoms with Gasteiger partial charge in [0.05, 0.1) is 44.5 Å². The van der Waals surface area contributed by atoms with Gasteiger partial charge in [-0.15, -0.1) is 0 Å². The summed E-state index contributed by atoms with van der Waals surface area (Å²) in [6.07, 6.45) is -15.7. The summed E-state index contributed by atoms with van der Waals surface area (Å²) in [7, 11) is 0. The van der Waals surface area contributed by atoms with Crippen LogP contribution in [0.4, 0.5) is 0 Å². The molecule has 8 aromatic rings. The topological polar surface area (TPSA) is 238 Å². The van der Waals surface area contributed by atoms with Gasteiger partial charge in [-0.05, 0) is 97.1 Å². The normalized spacial score (nSPS) is 21.1. The Bertz CT molecular complexity index is 3640. The van der Waals surface area contributed by atoms with Crippen LogP contribution in [0.5, 0.6) is 0 Å². The maximum absolute atomic E-state index is 14.7. The van der Waals surface area contributed by atoms with E-state index in [1.165, 1.54) is 97.1 Å². The Morgan fingerprint density at radius 1 is 0.299 bits per heavy atom. The minimum absolute atomic E-state index is 0.00940. The van der Waals surface area contributed by atoms with Gasteiger partial charge in [0, 0.05) is 0 Å². The fourth-order valence-corrected chi connectivity index (χ4v) is 9.49. The fraction of sp³-hybridized carbons (Fsp3) is 0.176. The van der Waals surface area contributed by atoms with Gasteiger partial charge in [0.2, 0.25) is 12.1 Å². The first kappa shape index (κ1) is 59.6. The number of benzene rings is 8. The van der Waals surface area contributed by atoms with Crippen LogP contribution < -0.4 is 0 Å². The Labute approximate surface area is 498 Å². The van der Waals surface area contributed by atoms with Crippen LogP contribution >= 0.6 is 0 Å². The second kappa shape index (κ2) is 28.3. The van der Waals surface area contributed by atoms with Crippen molar-refractivity contribution in [1.82, 2.24) is 0 Å². The lowest BCUT2D eigenvalue weighted by Gasteiger charge is -2.46. The SMILES string of the molecule is O=C(OCC1O[C@H](O[C@@]2(COC(=O)c3ccccc3)O[C@H](COC(=O)c3ccccc3)[C@H](OC(=O)c3ccccc3)C2OC(=O)c2ccccc2)C(OC(=O)c2ccccc2)[C@@H](OC(=O)c2ccccc2)[C@@H]1OC(=O)c1ccccc1)c1ccccc1. The highest BCUT2D eigenvalue weighted by Gasteiger charge is 2.65. The van der Waals surface area contributed by atoms with Gasteiger partial charge in [-0.1, -0.05) is 146 Å². The molecule has 2 aliphatic heterocycles. The van der Waals surface area contributed by atoms with E-state index in [1.54, 1.807) is 146 Å². The molecule has 19 nitrogen and oxygen atoms in total. The molecular weight excluding hydrogens is 1120 g/mol. The Morgan fingerprint density at radius 3 is 0.931 bits per heavy atom. The molecule has 3 unspecified atom stereocenters. The monoisotopic (exact) mass is 1170 g/mol. The third kappa shape index (κ3) is 14.8. The number of esters is 8. The molecule has 0 spiro atoms. The average Bonchev–Trinajstić information content (AvgIpc) is 1.83. The first-order valence-corrected chi connectivity index (χ1v) is 27.4. The summed E-state index contributed by atoms with van der Waals surface area (Å²) in [6.45, 7) is -2.69. The predicted octanol–water partition coefficient (Wildman–Crippen LogP) is 9.52. The van der Waals surface area contributed by atoms with E-state index in [0.29, 0.717) is 0 Å². The summed E-state index contributed by atoms with van der Waals surface area (Å²) in [5.74, 6) is -10.8. The second-order valence-electron chi connectivity index (χ2n) is 19.6. The zero-order valence-electron chi connectivity index (χ0n) is 46.1. The van der Waals surface area contributed by atoms with Gasteiger partial charge in [0.25, 0.3) is 0 Å². The minimum Gasteiger partial charge on any atom is -0.459 e. The third-order valence-corrected chi connectivity index (χ3v) is 13.8. The molecule has 0 radical (unpaired) electrons. The van der Waals surface area contributed by atoms with Crippen LogP contribution in [-0.2, 0) is 52.1 Å². The number of ether oxygens (including phenoxy) is 11. The molecule has 9 atom stereocenters. The van der Waals surface area contributed by atoms with Crippen molar-refractivity contribution in [2.75, 3.05) is 19.8 Å². The molecule has 10 rings (SSSR count). The van der Waals surface area contributed by atoms with E-state index in [9.17, 15) is 38.4 Å². The fourth-order valence-electron chi connectivity index (χ4n) is 9.49. The third-order valence-electron chi connectivity index (χ3n) is 13.8. The summed E-state index contributed by atoms with van der Waals surface area (Å²) >= 11 is 0. The molecule has 0 bridgehead atoms. The van der Waals surface area contributed by atoms with Gasteiger partial charge in [-0.25, -0.2) is 38.4 Å². The molecule has 0 N–H and O–H groups in total. The Hall–Kier alpha value is -10.6. The molecule has 87 heavy (non-hydrogen) atoms. The zero-order valence-corrected chi connectivity index (χ0v) is 46.1. The van der Waals surface area contributed by atoms with E-state index in [-0.39, 0.29) is 44.5 Å². The smallest absolute Gasteiger partial charge is 0.338 e. The maximum Gasteiger partial charge on any atom is 0.338 e. The standard InChI is InChI=1S/C68H54O19/c69-59(44-25-9-1-10-26-44)77-41-52-54(81-62(72)47-31-15-4-16-32-47)56(83-64(74)49-35-19-6-20-36-49)57(84-65(75)50-37-21-7-22-38-50)67(80-52)87-68(43-79-61(71)46-29-13-3-14-30-46)58(85-66(76)51-39-23-8-24-40-51)55(82-63(73)48-33-17-5-18-34-48)53(86-68)42-78-60(70)45-27-11-2-12-28-45/h1-40,52-58,67H,41-43H2/t52?,53-,54-,55+,56+,57?,58?,67-,68-/m1/s1. The summed E-state index contributed by atoms with van der Waals surface area (Å²) in [5, 5.41) is 0. The number of rotatable bonds is 21. The lowest BCUT2D eigenvalue weighted by molar-refractivity contribution is -0.380. The lowest BCUT2D eigenvalue weighted by Crippen LogP contribution is -2.66. The van der Waals surface area contributed by atoms with Gasteiger partial charge in [0.1, 0.15) is 32.0 Å². The Balaban J connectivity index is 1.16. The highest BCUT2D eigenvalue weighted by molar-refractivity contribution is 5.93. The van der Waals surface area contributed by atoms with E-state index in [4.69, 9.17) is 52.1 Å². The number of hydrogen-bond acceptors (Lipinski definition) is 19. The molecule has 0 aliphatic carbocycles. The van der Waals surface area contributed by atoms with E-state index in [0.717, 1.165) is 0 Å². The van der Waals surface area contributed by atoms with Crippen molar-refractivity contribution >= 4 is 47.8 Å². The molecular formula is C68H54O19.